The zero-order chi connectivity index (χ0) is 12.1. The number of halogens is 2. The highest BCUT2D eigenvalue weighted by Crippen LogP contribution is 2.11. The summed E-state index contributed by atoms with van der Waals surface area (Å²) in [5, 5.41) is 0. The van der Waals surface area contributed by atoms with Crippen LogP contribution in [0.1, 0.15) is 91.4 Å². The summed E-state index contributed by atoms with van der Waals surface area (Å²) in [6, 6.07) is 0. The summed E-state index contributed by atoms with van der Waals surface area (Å²) in [4.78, 5) is 0. The lowest BCUT2D eigenvalue weighted by Crippen LogP contribution is -1.81. The van der Waals surface area contributed by atoms with Gasteiger partial charge < -0.3 is 0 Å². The molecular weight excluding hydrogens is 352 g/mol. The maximum absolute atomic E-state index is 2.37. The minimum Gasteiger partial charge on any atom is -0.114 e. The Balaban J connectivity index is -0.00000112. The number of rotatable bonds is 11. The Morgan fingerprint density at radius 3 is 1.44 bits per heavy atom. The standard InChI is InChI=1S/C16H32.2BrH/c1-4-5-6-7-8-9-10-11-12-13-14-15-16(2)3;;/h15H,4-14H2,1-3H3;2*1H. The number of hydrogen-bond donors (Lipinski definition) is 0. The van der Waals surface area contributed by atoms with Crippen molar-refractivity contribution in [3.05, 3.63) is 11.6 Å². The zero-order valence-electron chi connectivity index (χ0n) is 12.7. The maximum atomic E-state index is 2.37. The molecule has 0 heterocycles. The van der Waals surface area contributed by atoms with Crippen molar-refractivity contribution in [1.82, 2.24) is 0 Å². The number of hydrogen-bond acceptors (Lipinski definition) is 0. The molecule has 0 aliphatic rings. The largest absolute Gasteiger partial charge is 0.114 e. The van der Waals surface area contributed by atoms with E-state index in [1.807, 2.05) is 0 Å². The Kier molecular flexibility index (Phi) is 26.4. The Morgan fingerprint density at radius 2 is 1.06 bits per heavy atom. The number of allylic oxidation sites excluding steroid dienone is 2. The molecule has 0 nitrogen and oxygen atoms in total. The van der Waals surface area contributed by atoms with Gasteiger partial charge in [0.1, 0.15) is 0 Å². The van der Waals surface area contributed by atoms with Crippen molar-refractivity contribution in [1.29, 1.82) is 0 Å². The Hall–Kier alpha value is 0.700. The first-order chi connectivity index (χ1) is 7.77. The number of unbranched alkanes of at least 4 members (excludes halogenated alkanes) is 10. The molecule has 0 aromatic carbocycles. The summed E-state index contributed by atoms with van der Waals surface area (Å²) in [6.45, 7) is 6.67. The van der Waals surface area contributed by atoms with Crippen molar-refractivity contribution >= 4 is 34.0 Å². The molecule has 0 N–H and O–H groups in total. The normalized spacial score (nSPS) is 9.28. The monoisotopic (exact) mass is 384 g/mol. The third-order valence-electron chi connectivity index (χ3n) is 3.11. The second kappa shape index (κ2) is 20.0. The van der Waals surface area contributed by atoms with Crippen LogP contribution in [0, 0.1) is 0 Å². The Bertz CT molecular complexity index is 160. The lowest BCUT2D eigenvalue weighted by molar-refractivity contribution is 0.557. The average Bonchev–Trinajstić information content (AvgIpc) is 2.25. The molecule has 0 saturated carbocycles. The molecule has 0 aromatic heterocycles. The molecule has 0 spiro atoms. The van der Waals surface area contributed by atoms with Gasteiger partial charge in [0, 0.05) is 0 Å². The van der Waals surface area contributed by atoms with Crippen molar-refractivity contribution in [2.24, 2.45) is 0 Å². The fourth-order valence-electron chi connectivity index (χ4n) is 2.02. The Morgan fingerprint density at radius 1 is 0.667 bits per heavy atom. The van der Waals surface area contributed by atoms with Gasteiger partial charge in [0.15, 0.2) is 0 Å². The van der Waals surface area contributed by atoms with Gasteiger partial charge in [0.05, 0.1) is 0 Å². The minimum absolute atomic E-state index is 0. The van der Waals surface area contributed by atoms with Crippen molar-refractivity contribution in [3.8, 4) is 0 Å². The van der Waals surface area contributed by atoms with Gasteiger partial charge in [-0.15, -0.1) is 34.0 Å². The topological polar surface area (TPSA) is 0 Å². The fraction of sp³-hybridized carbons (Fsp3) is 0.875. The summed E-state index contributed by atoms with van der Waals surface area (Å²) < 4.78 is 0. The highest BCUT2D eigenvalue weighted by Gasteiger charge is 1.91. The van der Waals surface area contributed by atoms with Gasteiger partial charge in [-0.05, 0) is 26.7 Å². The Labute approximate surface area is 137 Å². The molecule has 0 bridgehead atoms. The third kappa shape index (κ3) is 21.9. The SMILES string of the molecule is Br.Br.CCCCCCCCCCCCC=C(C)C. The van der Waals surface area contributed by atoms with Crippen molar-refractivity contribution in [3.63, 3.8) is 0 Å². The second-order valence-corrected chi connectivity index (χ2v) is 5.25. The van der Waals surface area contributed by atoms with Gasteiger partial charge in [0.2, 0.25) is 0 Å². The van der Waals surface area contributed by atoms with Crippen LogP contribution in [-0.2, 0) is 0 Å². The lowest BCUT2D eigenvalue weighted by atomic mass is 10.1. The van der Waals surface area contributed by atoms with E-state index in [9.17, 15) is 0 Å². The minimum atomic E-state index is 0. The second-order valence-electron chi connectivity index (χ2n) is 5.25. The first-order valence-corrected chi connectivity index (χ1v) is 7.40. The van der Waals surface area contributed by atoms with Gasteiger partial charge in [-0.1, -0.05) is 76.4 Å². The average molecular weight is 386 g/mol. The quantitative estimate of drug-likeness (QED) is 0.256. The van der Waals surface area contributed by atoms with Crippen molar-refractivity contribution in [2.45, 2.75) is 91.4 Å². The lowest BCUT2D eigenvalue weighted by Gasteiger charge is -2.01. The van der Waals surface area contributed by atoms with E-state index in [0.717, 1.165) is 0 Å². The molecule has 0 rings (SSSR count). The molecule has 0 saturated heterocycles. The van der Waals surface area contributed by atoms with Crippen molar-refractivity contribution in [2.75, 3.05) is 0 Å². The predicted octanol–water partition coefficient (Wildman–Crippen LogP) is 7.42. The van der Waals surface area contributed by atoms with Crippen LogP contribution in [0.5, 0.6) is 0 Å². The smallest absolute Gasteiger partial charge is 0.0348 e. The molecule has 0 aliphatic carbocycles. The van der Waals surface area contributed by atoms with Crippen LogP contribution in [0.4, 0.5) is 0 Å². The van der Waals surface area contributed by atoms with Gasteiger partial charge in [-0.2, -0.15) is 0 Å². The first-order valence-electron chi connectivity index (χ1n) is 7.40. The predicted molar refractivity (Wildman–Crippen MR) is 96.5 cm³/mol. The van der Waals surface area contributed by atoms with Gasteiger partial charge >= 0.3 is 0 Å². The first kappa shape index (κ1) is 23.8. The maximum Gasteiger partial charge on any atom is -0.0348 e. The van der Waals surface area contributed by atoms with Crippen LogP contribution in [0.15, 0.2) is 11.6 Å². The van der Waals surface area contributed by atoms with Crippen LogP contribution in [0.3, 0.4) is 0 Å². The van der Waals surface area contributed by atoms with Crippen LogP contribution in [-0.4, -0.2) is 0 Å². The van der Waals surface area contributed by atoms with E-state index in [1.165, 1.54) is 76.2 Å². The molecule has 0 unspecified atom stereocenters. The molecule has 112 valence electrons. The van der Waals surface area contributed by atoms with Gasteiger partial charge in [-0.3, -0.25) is 0 Å². The van der Waals surface area contributed by atoms with Gasteiger partial charge in [0.25, 0.3) is 0 Å². The van der Waals surface area contributed by atoms with E-state index in [0.29, 0.717) is 0 Å². The van der Waals surface area contributed by atoms with E-state index in [4.69, 9.17) is 0 Å². The highest BCUT2D eigenvalue weighted by molar-refractivity contribution is 8.93. The summed E-state index contributed by atoms with van der Waals surface area (Å²) in [5.74, 6) is 0. The molecule has 0 atom stereocenters. The molecule has 0 aliphatic heterocycles. The summed E-state index contributed by atoms with van der Waals surface area (Å²) >= 11 is 0. The van der Waals surface area contributed by atoms with Crippen molar-refractivity contribution < 1.29 is 0 Å². The molecule has 2 heteroatoms. The van der Waals surface area contributed by atoms with E-state index >= 15 is 0 Å². The molecular formula is C16H34Br2. The van der Waals surface area contributed by atoms with E-state index < -0.39 is 0 Å². The fourth-order valence-corrected chi connectivity index (χ4v) is 2.02. The van der Waals surface area contributed by atoms with Crippen LogP contribution < -0.4 is 0 Å². The summed E-state index contributed by atoms with van der Waals surface area (Å²) in [5.41, 5.74) is 1.47. The van der Waals surface area contributed by atoms with E-state index in [1.54, 1.807) is 0 Å². The molecule has 0 fully saturated rings. The molecule has 18 heavy (non-hydrogen) atoms. The van der Waals surface area contributed by atoms with Crippen LogP contribution in [0.2, 0.25) is 0 Å². The molecule has 0 aromatic rings. The third-order valence-corrected chi connectivity index (χ3v) is 3.11. The van der Waals surface area contributed by atoms with Crippen LogP contribution in [0.25, 0.3) is 0 Å². The zero-order valence-corrected chi connectivity index (χ0v) is 16.1. The highest BCUT2D eigenvalue weighted by atomic mass is 79.9. The van der Waals surface area contributed by atoms with E-state index in [-0.39, 0.29) is 34.0 Å². The molecule has 0 amide bonds. The van der Waals surface area contributed by atoms with Gasteiger partial charge in [-0.25, -0.2) is 0 Å². The molecule has 0 radical (unpaired) electrons. The summed E-state index contributed by atoms with van der Waals surface area (Å²) in [6.07, 6.45) is 18.0. The summed E-state index contributed by atoms with van der Waals surface area (Å²) in [7, 11) is 0. The van der Waals surface area contributed by atoms with Crippen LogP contribution >= 0.6 is 34.0 Å². The van der Waals surface area contributed by atoms with E-state index in [2.05, 4.69) is 26.8 Å².